The van der Waals surface area contributed by atoms with Crippen LogP contribution >= 0.6 is 15.9 Å². The molecule has 7 heteroatoms. The first-order valence-corrected chi connectivity index (χ1v) is 7.53. The van der Waals surface area contributed by atoms with Crippen molar-refractivity contribution in [3.05, 3.63) is 62.1 Å². The Morgan fingerprint density at radius 2 is 2.04 bits per heavy atom. The molecule has 1 atom stereocenters. The number of nitro groups is 1. The van der Waals surface area contributed by atoms with E-state index < -0.39 is 4.92 Å². The van der Waals surface area contributed by atoms with Gasteiger partial charge in [0.25, 0.3) is 5.69 Å². The highest BCUT2D eigenvalue weighted by atomic mass is 79.9. The molecule has 23 heavy (non-hydrogen) atoms. The molecule has 0 saturated heterocycles. The van der Waals surface area contributed by atoms with Crippen LogP contribution in [0.2, 0.25) is 0 Å². The molecule has 0 aliphatic rings. The van der Waals surface area contributed by atoms with Crippen molar-refractivity contribution in [3.63, 3.8) is 0 Å². The molecule has 120 valence electrons. The number of benzene rings is 2. The van der Waals surface area contributed by atoms with Crippen molar-refractivity contribution in [2.45, 2.75) is 13.0 Å². The van der Waals surface area contributed by atoms with E-state index in [9.17, 15) is 15.2 Å². The lowest BCUT2D eigenvalue weighted by atomic mass is 10.1. The molecule has 0 saturated carbocycles. The molecule has 6 nitrogen and oxygen atoms in total. The van der Waals surface area contributed by atoms with Crippen LogP contribution in [0.4, 0.5) is 5.69 Å². The molecule has 0 aromatic heterocycles. The maximum absolute atomic E-state index is 11.7. The van der Waals surface area contributed by atoms with Crippen molar-refractivity contribution in [3.8, 4) is 11.5 Å². The smallest absolute Gasteiger partial charge is 0.270 e. The number of hydrogen-bond acceptors (Lipinski definition) is 5. The van der Waals surface area contributed by atoms with Gasteiger partial charge in [-0.15, -0.1) is 0 Å². The number of rotatable bonds is 5. The SMILES string of the molecule is COc1ccc([C@H](C)N=Cc2cc([N+](=O)[O-])ccc2[O-])cc1Br. The van der Waals surface area contributed by atoms with E-state index in [0.717, 1.165) is 10.0 Å². The van der Waals surface area contributed by atoms with Gasteiger partial charge in [0.05, 0.1) is 22.5 Å². The van der Waals surface area contributed by atoms with E-state index in [-0.39, 0.29) is 23.0 Å². The summed E-state index contributed by atoms with van der Waals surface area (Å²) in [6.07, 6.45) is 1.37. The monoisotopic (exact) mass is 377 g/mol. The topological polar surface area (TPSA) is 87.8 Å². The van der Waals surface area contributed by atoms with Crippen LogP contribution in [-0.2, 0) is 0 Å². The fourth-order valence-corrected chi connectivity index (χ4v) is 2.53. The Hall–Kier alpha value is -2.41. The van der Waals surface area contributed by atoms with Gasteiger partial charge in [-0.3, -0.25) is 15.1 Å². The second-order valence-corrected chi connectivity index (χ2v) is 5.68. The Morgan fingerprint density at radius 3 is 2.65 bits per heavy atom. The average molecular weight is 378 g/mol. The third kappa shape index (κ3) is 4.07. The zero-order valence-corrected chi connectivity index (χ0v) is 14.1. The van der Waals surface area contributed by atoms with E-state index in [0.29, 0.717) is 5.75 Å². The van der Waals surface area contributed by atoms with Gasteiger partial charge in [0.1, 0.15) is 5.75 Å². The summed E-state index contributed by atoms with van der Waals surface area (Å²) in [7, 11) is 1.58. The second-order valence-electron chi connectivity index (χ2n) is 4.83. The molecule has 0 spiro atoms. The summed E-state index contributed by atoms with van der Waals surface area (Å²) in [6.45, 7) is 1.87. The summed E-state index contributed by atoms with van der Waals surface area (Å²) in [6, 6.07) is 8.94. The van der Waals surface area contributed by atoms with Gasteiger partial charge in [-0.25, -0.2) is 0 Å². The molecular formula is C16H14BrN2O4-. The molecule has 2 aromatic rings. The van der Waals surface area contributed by atoms with Gasteiger partial charge < -0.3 is 9.84 Å². The predicted octanol–water partition coefficient (Wildman–Crippen LogP) is 3.62. The number of nitrogens with zero attached hydrogens (tertiary/aromatic N) is 2. The maximum Gasteiger partial charge on any atom is 0.270 e. The van der Waals surface area contributed by atoms with E-state index in [1.165, 1.54) is 24.4 Å². The highest BCUT2D eigenvalue weighted by molar-refractivity contribution is 9.10. The minimum atomic E-state index is -0.541. The van der Waals surface area contributed by atoms with Crippen LogP contribution in [0.25, 0.3) is 0 Å². The quantitative estimate of drug-likeness (QED) is 0.452. The maximum atomic E-state index is 11.7. The van der Waals surface area contributed by atoms with Gasteiger partial charge >= 0.3 is 0 Å². The Balaban J connectivity index is 2.24. The van der Waals surface area contributed by atoms with Crippen LogP contribution in [0.1, 0.15) is 24.1 Å². The van der Waals surface area contributed by atoms with E-state index in [2.05, 4.69) is 20.9 Å². The first-order chi connectivity index (χ1) is 10.9. The lowest BCUT2D eigenvalue weighted by molar-refractivity contribution is -0.385. The van der Waals surface area contributed by atoms with Crippen LogP contribution < -0.4 is 9.84 Å². The van der Waals surface area contributed by atoms with Gasteiger partial charge in [0.2, 0.25) is 0 Å². The first-order valence-electron chi connectivity index (χ1n) is 6.74. The van der Waals surface area contributed by atoms with E-state index in [4.69, 9.17) is 4.74 Å². The van der Waals surface area contributed by atoms with E-state index in [1.807, 2.05) is 25.1 Å². The Morgan fingerprint density at radius 1 is 1.30 bits per heavy atom. The Bertz CT molecular complexity index is 762. The molecule has 0 N–H and O–H groups in total. The number of ether oxygens (including phenoxy) is 1. The summed E-state index contributed by atoms with van der Waals surface area (Å²) in [5, 5.41) is 22.5. The van der Waals surface area contributed by atoms with Gasteiger partial charge in [0.15, 0.2) is 0 Å². The third-order valence-corrected chi connectivity index (χ3v) is 3.92. The van der Waals surface area contributed by atoms with Crippen molar-refractivity contribution in [2.75, 3.05) is 7.11 Å². The number of aliphatic imine (C=N–C) groups is 1. The largest absolute Gasteiger partial charge is 0.872 e. The highest BCUT2D eigenvalue weighted by Gasteiger charge is 2.08. The van der Waals surface area contributed by atoms with Gasteiger partial charge in [-0.2, -0.15) is 0 Å². The van der Waals surface area contributed by atoms with Crippen LogP contribution in [0.15, 0.2) is 45.9 Å². The van der Waals surface area contributed by atoms with Crippen LogP contribution in [0.5, 0.6) is 11.5 Å². The molecule has 0 unspecified atom stereocenters. The van der Waals surface area contributed by atoms with Crippen molar-refractivity contribution in [2.24, 2.45) is 4.99 Å². The van der Waals surface area contributed by atoms with Gasteiger partial charge in [0, 0.05) is 18.3 Å². The molecule has 0 bridgehead atoms. The summed E-state index contributed by atoms with van der Waals surface area (Å²) >= 11 is 3.41. The van der Waals surface area contributed by atoms with E-state index >= 15 is 0 Å². The Kier molecular flexibility index (Phi) is 5.33. The minimum Gasteiger partial charge on any atom is -0.872 e. The van der Waals surface area contributed by atoms with Crippen molar-refractivity contribution in [1.82, 2.24) is 0 Å². The summed E-state index contributed by atoms with van der Waals surface area (Å²) in [5.74, 6) is 0.410. The zero-order chi connectivity index (χ0) is 17.0. The number of methoxy groups -OCH3 is 1. The Labute approximate surface area is 141 Å². The minimum absolute atomic E-state index is 0.133. The molecule has 2 rings (SSSR count). The van der Waals surface area contributed by atoms with Crippen molar-refractivity contribution >= 4 is 27.8 Å². The second kappa shape index (κ2) is 7.23. The lowest BCUT2D eigenvalue weighted by Crippen LogP contribution is -1.99. The number of non-ortho nitro benzene ring substituents is 1. The molecule has 0 fully saturated rings. The first kappa shape index (κ1) is 17.0. The standard InChI is InChI=1S/C16H15BrN2O4/c1-10(11-3-6-16(23-2)14(17)8-11)18-9-12-7-13(19(21)22)4-5-15(12)20/h3-10,20H,1-2H3/p-1/t10-/m0/s1. The van der Waals surface area contributed by atoms with Gasteiger partial charge in [-0.1, -0.05) is 17.9 Å². The van der Waals surface area contributed by atoms with E-state index in [1.54, 1.807) is 7.11 Å². The lowest BCUT2D eigenvalue weighted by Gasteiger charge is -2.12. The van der Waals surface area contributed by atoms with Gasteiger partial charge in [-0.05, 0) is 46.1 Å². The molecule has 0 heterocycles. The number of hydrogen-bond donors (Lipinski definition) is 0. The molecule has 0 aliphatic carbocycles. The summed E-state index contributed by atoms with van der Waals surface area (Å²) in [5.41, 5.74) is 0.983. The third-order valence-electron chi connectivity index (χ3n) is 3.30. The van der Waals surface area contributed by atoms with Crippen LogP contribution in [-0.4, -0.2) is 18.2 Å². The predicted molar refractivity (Wildman–Crippen MR) is 89.2 cm³/mol. The van der Waals surface area contributed by atoms with Crippen molar-refractivity contribution < 1.29 is 14.8 Å². The normalized spacial score (nSPS) is 12.3. The van der Waals surface area contributed by atoms with Crippen LogP contribution in [0.3, 0.4) is 0 Å². The average Bonchev–Trinajstić information content (AvgIpc) is 2.53. The van der Waals surface area contributed by atoms with Crippen LogP contribution in [0, 0.1) is 10.1 Å². The number of halogens is 1. The fourth-order valence-electron chi connectivity index (χ4n) is 1.97. The number of nitro benzene ring substituents is 1. The molecular weight excluding hydrogens is 364 g/mol. The highest BCUT2D eigenvalue weighted by Crippen LogP contribution is 2.29. The summed E-state index contributed by atoms with van der Waals surface area (Å²) < 4.78 is 5.97. The molecule has 0 radical (unpaired) electrons. The summed E-state index contributed by atoms with van der Waals surface area (Å²) in [4.78, 5) is 14.5. The fraction of sp³-hybridized carbons (Fsp3) is 0.188. The van der Waals surface area contributed by atoms with Crippen molar-refractivity contribution in [1.29, 1.82) is 0 Å². The molecule has 2 aromatic carbocycles. The molecule has 0 aliphatic heterocycles. The molecule has 0 amide bonds. The zero-order valence-electron chi connectivity index (χ0n) is 12.5.